The highest BCUT2D eigenvalue weighted by Gasteiger charge is 2.54. The summed E-state index contributed by atoms with van der Waals surface area (Å²) in [6.45, 7) is 3.25. The lowest BCUT2D eigenvalue weighted by Gasteiger charge is -2.28. The zero-order valence-electron chi connectivity index (χ0n) is 19.3. The van der Waals surface area contributed by atoms with Crippen molar-refractivity contribution in [3.05, 3.63) is 59.3 Å². The van der Waals surface area contributed by atoms with Crippen molar-refractivity contribution in [2.24, 2.45) is 5.92 Å². The molecule has 2 unspecified atom stereocenters. The van der Waals surface area contributed by atoms with Gasteiger partial charge in [0.2, 0.25) is 0 Å². The number of nitrogens with one attached hydrogen (secondary N) is 1. The van der Waals surface area contributed by atoms with Crippen LogP contribution in [0.25, 0.3) is 10.4 Å². The topological polar surface area (TPSA) is 107 Å². The van der Waals surface area contributed by atoms with Gasteiger partial charge < -0.3 is 25.4 Å². The van der Waals surface area contributed by atoms with Gasteiger partial charge in [0.25, 0.3) is 11.8 Å². The third-order valence-electron chi connectivity index (χ3n) is 6.88. The lowest BCUT2D eigenvalue weighted by Crippen LogP contribution is -2.45. The van der Waals surface area contributed by atoms with Crippen LogP contribution in [0.4, 0.5) is 5.13 Å². The van der Waals surface area contributed by atoms with Crippen molar-refractivity contribution in [1.29, 1.82) is 0 Å². The smallest absolute Gasteiger partial charge is 0.274 e. The molecule has 2 aliphatic heterocycles. The van der Waals surface area contributed by atoms with Crippen molar-refractivity contribution in [3.63, 3.8) is 0 Å². The van der Waals surface area contributed by atoms with Gasteiger partial charge in [0.15, 0.2) is 16.6 Å². The summed E-state index contributed by atoms with van der Waals surface area (Å²) in [4.78, 5) is 33.9. The van der Waals surface area contributed by atoms with Crippen LogP contribution < -0.4 is 20.5 Å². The van der Waals surface area contributed by atoms with Crippen LogP contribution in [0.2, 0.25) is 0 Å². The number of likely N-dealkylation sites (tertiary alicyclic amines) is 1. The predicted octanol–water partition coefficient (Wildman–Crippen LogP) is 3.50. The molecule has 1 saturated heterocycles. The van der Waals surface area contributed by atoms with Crippen LogP contribution in [0.5, 0.6) is 11.5 Å². The second kappa shape index (κ2) is 8.57. The van der Waals surface area contributed by atoms with E-state index in [1.165, 1.54) is 11.3 Å². The largest absolute Gasteiger partial charge is 0.486 e. The number of fused-ring (bicyclic) bond motifs is 2. The minimum Gasteiger partial charge on any atom is -0.486 e. The summed E-state index contributed by atoms with van der Waals surface area (Å²) in [6.07, 6.45) is 1.86. The number of aromatic nitrogens is 1. The normalized spacial score (nSPS) is 22.0. The maximum Gasteiger partial charge on any atom is 0.274 e. The monoisotopic (exact) mass is 490 g/mol. The number of hydrogen-bond donors (Lipinski definition) is 2. The van der Waals surface area contributed by atoms with Crippen LogP contribution >= 0.6 is 11.3 Å². The fraction of sp³-hybridized carbons (Fsp3) is 0.346. The van der Waals surface area contributed by atoms with Crippen LogP contribution in [0, 0.1) is 12.8 Å². The molecule has 0 radical (unpaired) electrons. The molecule has 3 atom stereocenters. The summed E-state index contributed by atoms with van der Waals surface area (Å²) >= 11 is 1.33. The number of para-hydroxylation sites is 1. The van der Waals surface area contributed by atoms with E-state index in [4.69, 9.17) is 15.2 Å². The van der Waals surface area contributed by atoms with Crippen LogP contribution in [0.3, 0.4) is 0 Å². The van der Waals surface area contributed by atoms with E-state index in [-0.39, 0.29) is 23.9 Å². The molecule has 9 heteroatoms. The van der Waals surface area contributed by atoms with Gasteiger partial charge in [-0.1, -0.05) is 47.2 Å². The van der Waals surface area contributed by atoms with Gasteiger partial charge in [0.1, 0.15) is 18.9 Å². The van der Waals surface area contributed by atoms with E-state index in [9.17, 15) is 9.59 Å². The van der Waals surface area contributed by atoms with E-state index in [2.05, 4.69) is 10.3 Å². The van der Waals surface area contributed by atoms with Gasteiger partial charge in [-0.3, -0.25) is 9.59 Å². The first-order valence-corrected chi connectivity index (χ1v) is 12.6. The number of carbonyl (C=O) groups excluding carboxylic acids is 2. The molecule has 8 nitrogen and oxygen atoms in total. The molecule has 2 amide bonds. The lowest BCUT2D eigenvalue weighted by atomic mass is 10.1. The summed E-state index contributed by atoms with van der Waals surface area (Å²) in [5.41, 5.74) is 8.93. The highest BCUT2D eigenvalue weighted by Crippen LogP contribution is 2.49. The molecule has 3 aliphatic rings. The Balaban J connectivity index is 1.22. The molecule has 6 rings (SSSR count). The number of nitrogens with two attached hydrogens (primary N) is 1. The Labute approximate surface area is 207 Å². The first kappa shape index (κ1) is 21.9. The average molecular weight is 491 g/mol. The summed E-state index contributed by atoms with van der Waals surface area (Å²) in [5, 5.41) is 3.39. The SMILES string of the molecule is Cc1cccc(-c2sc(N)nc2C(=O)N2C3CC3C[C@H]2CNC(=O)c2cccc3c2OCCO3)c1. The first-order valence-electron chi connectivity index (χ1n) is 11.8. The molecule has 0 spiro atoms. The van der Waals surface area contributed by atoms with Crippen molar-refractivity contribution in [1.82, 2.24) is 15.2 Å². The van der Waals surface area contributed by atoms with Crippen LogP contribution in [-0.4, -0.2) is 53.5 Å². The number of piperidine rings is 1. The highest BCUT2D eigenvalue weighted by molar-refractivity contribution is 7.19. The third kappa shape index (κ3) is 3.99. The van der Waals surface area contributed by atoms with Crippen LogP contribution in [0.1, 0.15) is 39.3 Å². The number of rotatable bonds is 5. The minimum atomic E-state index is -0.237. The van der Waals surface area contributed by atoms with Crippen LogP contribution in [-0.2, 0) is 0 Å². The van der Waals surface area contributed by atoms with Gasteiger partial charge in [-0.15, -0.1) is 0 Å². The Bertz CT molecular complexity index is 1320. The van der Waals surface area contributed by atoms with Gasteiger partial charge in [-0.2, -0.15) is 0 Å². The molecule has 1 saturated carbocycles. The minimum absolute atomic E-state index is 0.0970. The van der Waals surface area contributed by atoms with E-state index in [0.29, 0.717) is 53.6 Å². The molecule has 1 aromatic heterocycles. The molecule has 35 heavy (non-hydrogen) atoms. The predicted molar refractivity (Wildman–Crippen MR) is 133 cm³/mol. The fourth-order valence-electron chi connectivity index (χ4n) is 5.20. The summed E-state index contributed by atoms with van der Waals surface area (Å²) in [6, 6.07) is 13.4. The molecule has 2 fully saturated rings. The van der Waals surface area contributed by atoms with E-state index < -0.39 is 0 Å². The Kier molecular flexibility index (Phi) is 5.36. The van der Waals surface area contributed by atoms with Gasteiger partial charge in [0, 0.05) is 12.6 Å². The summed E-state index contributed by atoms with van der Waals surface area (Å²) in [7, 11) is 0. The van der Waals surface area contributed by atoms with E-state index in [0.717, 1.165) is 28.8 Å². The first-order chi connectivity index (χ1) is 17.0. The van der Waals surface area contributed by atoms with Gasteiger partial charge >= 0.3 is 0 Å². The molecule has 1 aliphatic carbocycles. The second-order valence-corrected chi connectivity index (χ2v) is 10.3. The highest BCUT2D eigenvalue weighted by atomic mass is 32.1. The Morgan fingerprint density at radius 2 is 2.00 bits per heavy atom. The summed E-state index contributed by atoms with van der Waals surface area (Å²) < 4.78 is 11.3. The van der Waals surface area contributed by atoms with E-state index in [1.54, 1.807) is 18.2 Å². The zero-order chi connectivity index (χ0) is 24.1. The Hall–Kier alpha value is -3.59. The number of amides is 2. The van der Waals surface area contributed by atoms with Crippen molar-refractivity contribution < 1.29 is 19.1 Å². The molecule has 3 N–H and O–H groups in total. The number of nitrogens with zero attached hydrogens (tertiary/aromatic N) is 2. The standard InChI is InChI=1S/C26H26N4O4S/c1-14-4-2-5-15(10-14)23-21(29-26(27)35-23)25(32)30-17(11-16-12-19(16)30)13-28-24(31)18-6-3-7-20-22(18)34-9-8-33-20/h2-7,10,16-17,19H,8-9,11-13H2,1H3,(H2,27,29)(H,28,31)/t16?,17-,19?/m0/s1. The molecular formula is C26H26N4O4S. The number of anilines is 1. The fourth-order valence-corrected chi connectivity index (χ4v) is 6.02. The number of ether oxygens (including phenoxy) is 2. The van der Waals surface area contributed by atoms with Crippen molar-refractivity contribution in [2.45, 2.75) is 31.8 Å². The summed E-state index contributed by atoms with van der Waals surface area (Å²) in [5.74, 6) is 1.17. The van der Waals surface area contributed by atoms with E-state index >= 15 is 0 Å². The van der Waals surface area contributed by atoms with Crippen molar-refractivity contribution >= 4 is 28.3 Å². The number of thiazole rings is 1. The lowest BCUT2D eigenvalue weighted by molar-refractivity contribution is 0.0684. The zero-order valence-corrected chi connectivity index (χ0v) is 20.1. The number of nitrogen functional groups attached to an aromatic ring is 1. The van der Waals surface area contributed by atoms with Gasteiger partial charge in [-0.25, -0.2) is 4.98 Å². The Morgan fingerprint density at radius 3 is 2.86 bits per heavy atom. The number of benzene rings is 2. The molecule has 3 heterocycles. The van der Waals surface area contributed by atoms with Gasteiger partial charge in [0.05, 0.1) is 16.5 Å². The number of aryl methyl sites for hydroxylation is 1. The van der Waals surface area contributed by atoms with Crippen LogP contribution in [0.15, 0.2) is 42.5 Å². The maximum atomic E-state index is 13.8. The van der Waals surface area contributed by atoms with Crippen molar-refractivity contribution in [3.8, 4) is 21.9 Å². The molecular weight excluding hydrogens is 464 g/mol. The van der Waals surface area contributed by atoms with Gasteiger partial charge in [-0.05, 0) is 43.4 Å². The molecule has 3 aromatic rings. The third-order valence-corrected chi connectivity index (χ3v) is 7.81. The average Bonchev–Trinajstić information content (AvgIpc) is 3.35. The van der Waals surface area contributed by atoms with E-state index in [1.807, 2.05) is 36.1 Å². The second-order valence-electron chi connectivity index (χ2n) is 9.30. The van der Waals surface area contributed by atoms with Crippen molar-refractivity contribution in [2.75, 3.05) is 25.5 Å². The number of carbonyl (C=O) groups is 2. The quantitative estimate of drug-likeness (QED) is 0.567. The molecule has 180 valence electrons. The number of hydrogen-bond acceptors (Lipinski definition) is 7. The Morgan fingerprint density at radius 1 is 1.17 bits per heavy atom. The molecule has 2 aromatic carbocycles. The maximum absolute atomic E-state index is 13.8. The molecule has 0 bridgehead atoms.